The molecule has 1 aliphatic carbocycles. The Bertz CT molecular complexity index is 170. The number of carbonyl (C=O) groups excluding carboxylic acids is 1. The molecule has 0 spiro atoms. The molecule has 12 heavy (non-hydrogen) atoms. The first-order valence-corrected chi connectivity index (χ1v) is 4.75. The van der Waals surface area contributed by atoms with E-state index < -0.39 is 0 Å². The maximum Gasteiger partial charge on any atom is 0.227 e. The molecule has 2 N–H and O–H groups in total. The SMILES string of the molecule is CCCN(CC)C(=O)C1CC1N. The maximum absolute atomic E-state index is 11.6. The molecule has 1 saturated carbocycles. The Hall–Kier alpha value is -0.570. The van der Waals surface area contributed by atoms with E-state index in [0.29, 0.717) is 0 Å². The Morgan fingerprint density at radius 2 is 2.17 bits per heavy atom. The largest absolute Gasteiger partial charge is 0.343 e. The van der Waals surface area contributed by atoms with Gasteiger partial charge in [0.15, 0.2) is 0 Å². The van der Waals surface area contributed by atoms with Crippen LogP contribution in [0.5, 0.6) is 0 Å². The van der Waals surface area contributed by atoms with Gasteiger partial charge in [0, 0.05) is 19.1 Å². The van der Waals surface area contributed by atoms with Crippen LogP contribution in [0, 0.1) is 5.92 Å². The van der Waals surface area contributed by atoms with Crippen LogP contribution in [0.2, 0.25) is 0 Å². The molecule has 1 rings (SSSR count). The van der Waals surface area contributed by atoms with Gasteiger partial charge in [-0.15, -0.1) is 0 Å². The normalized spacial score (nSPS) is 26.9. The molecule has 3 nitrogen and oxygen atoms in total. The third kappa shape index (κ3) is 1.97. The fourth-order valence-electron chi connectivity index (χ4n) is 1.43. The highest BCUT2D eigenvalue weighted by atomic mass is 16.2. The highest BCUT2D eigenvalue weighted by Crippen LogP contribution is 2.29. The third-order valence-corrected chi connectivity index (χ3v) is 2.34. The fourth-order valence-corrected chi connectivity index (χ4v) is 1.43. The summed E-state index contributed by atoms with van der Waals surface area (Å²) >= 11 is 0. The second-order valence-corrected chi connectivity index (χ2v) is 3.42. The lowest BCUT2D eigenvalue weighted by Crippen LogP contribution is -2.34. The first-order chi connectivity index (χ1) is 5.70. The zero-order valence-electron chi connectivity index (χ0n) is 7.92. The van der Waals surface area contributed by atoms with Crippen LogP contribution in [-0.2, 0) is 4.79 Å². The van der Waals surface area contributed by atoms with E-state index in [1.54, 1.807) is 0 Å². The van der Waals surface area contributed by atoms with E-state index in [1.807, 2.05) is 11.8 Å². The summed E-state index contributed by atoms with van der Waals surface area (Å²) in [5.74, 6) is 0.392. The van der Waals surface area contributed by atoms with Crippen LogP contribution in [0.3, 0.4) is 0 Å². The lowest BCUT2D eigenvalue weighted by molar-refractivity contribution is -0.132. The minimum Gasteiger partial charge on any atom is -0.343 e. The van der Waals surface area contributed by atoms with Gasteiger partial charge in [-0.25, -0.2) is 0 Å². The molecule has 0 radical (unpaired) electrons. The smallest absolute Gasteiger partial charge is 0.227 e. The van der Waals surface area contributed by atoms with Gasteiger partial charge in [0.1, 0.15) is 0 Å². The molecule has 3 heteroatoms. The topological polar surface area (TPSA) is 46.3 Å². The predicted molar refractivity (Wildman–Crippen MR) is 48.6 cm³/mol. The molecule has 2 unspecified atom stereocenters. The standard InChI is InChI=1S/C9H18N2O/c1-3-5-11(4-2)9(12)7-6-8(7)10/h7-8H,3-6,10H2,1-2H3. The summed E-state index contributed by atoms with van der Waals surface area (Å²) in [6, 6.07) is 0.142. The van der Waals surface area contributed by atoms with Gasteiger partial charge in [0.25, 0.3) is 0 Å². The van der Waals surface area contributed by atoms with E-state index in [-0.39, 0.29) is 17.9 Å². The summed E-state index contributed by atoms with van der Waals surface area (Å²) in [5.41, 5.74) is 5.61. The average Bonchev–Trinajstić information content (AvgIpc) is 2.77. The quantitative estimate of drug-likeness (QED) is 0.671. The number of nitrogens with two attached hydrogens (primary N) is 1. The molecule has 1 amide bonds. The van der Waals surface area contributed by atoms with E-state index in [2.05, 4.69) is 6.92 Å². The van der Waals surface area contributed by atoms with E-state index in [9.17, 15) is 4.79 Å². The lowest BCUT2D eigenvalue weighted by atomic mass is 10.3. The zero-order chi connectivity index (χ0) is 9.14. The number of hydrogen-bond donors (Lipinski definition) is 1. The van der Waals surface area contributed by atoms with Gasteiger partial charge in [-0.3, -0.25) is 4.79 Å². The number of rotatable bonds is 4. The van der Waals surface area contributed by atoms with Crippen molar-refractivity contribution in [2.24, 2.45) is 11.7 Å². The molecule has 0 bridgehead atoms. The third-order valence-electron chi connectivity index (χ3n) is 2.34. The number of nitrogens with zero attached hydrogens (tertiary/aromatic N) is 1. The van der Waals surface area contributed by atoms with Crippen molar-refractivity contribution in [3.63, 3.8) is 0 Å². The molecule has 0 aromatic rings. The van der Waals surface area contributed by atoms with Crippen molar-refractivity contribution in [1.82, 2.24) is 4.90 Å². The number of amides is 1. The van der Waals surface area contributed by atoms with Crippen molar-refractivity contribution >= 4 is 5.91 Å². The van der Waals surface area contributed by atoms with Crippen molar-refractivity contribution in [2.45, 2.75) is 32.7 Å². The molecule has 1 fully saturated rings. The lowest BCUT2D eigenvalue weighted by Gasteiger charge is -2.19. The summed E-state index contributed by atoms with van der Waals surface area (Å²) in [6.45, 7) is 5.79. The van der Waals surface area contributed by atoms with Crippen molar-refractivity contribution < 1.29 is 4.79 Å². The van der Waals surface area contributed by atoms with Crippen LogP contribution in [0.1, 0.15) is 26.7 Å². The molecule has 70 valence electrons. The Kier molecular flexibility index (Phi) is 3.09. The van der Waals surface area contributed by atoms with Crippen molar-refractivity contribution in [1.29, 1.82) is 0 Å². The average molecular weight is 170 g/mol. The van der Waals surface area contributed by atoms with Crippen LogP contribution < -0.4 is 5.73 Å². The van der Waals surface area contributed by atoms with Gasteiger partial charge in [0.05, 0.1) is 5.92 Å². The highest BCUT2D eigenvalue weighted by molar-refractivity contribution is 5.82. The Morgan fingerprint density at radius 1 is 1.58 bits per heavy atom. The highest BCUT2D eigenvalue weighted by Gasteiger charge is 2.41. The second kappa shape index (κ2) is 3.90. The fraction of sp³-hybridized carbons (Fsp3) is 0.889. The van der Waals surface area contributed by atoms with Gasteiger partial charge in [0.2, 0.25) is 5.91 Å². The van der Waals surface area contributed by atoms with Crippen LogP contribution in [0.4, 0.5) is 0 Å². The molecule has 2 atom stereocenters. The van der Waals surface area contributed by atoms with Gasteiger partial charge < -0.3 is 10.6 Å². The van der Waals surface area contributed by atoms with Gasteiger partial charge in [-0.2, -0.15) is 0 Å². The Morgan fingerprint density at radius 3 is 2.50 bits per heavy atom. The maximum atomic E-state index is 11.6. The second-order valence-electron chi connectivity index (χ2n) is 3.42. The summed E-state index contributed by atoms with van der Waals surface area (Å²) < 4.78 is 0. The minimum atomic E-state index is 0.136. The molecule has 1 aliphatic rings. The van der Waals surface area contributed by atoms with Crippen LogP contribution in [0.25, 0.3) is 0 Å². The molecular weight excluding hydrogens is 152 g/mol. The summed E-state index contributed by atoms with van der Waals surface area (Å²) in [7, 11) is 0. The van der Waals surface area contributed by atoms with E-state index >= 15 is 0 Å². The van der Waals surface area contributed by atoms with E-state index in [1.165, 1.54) is 0 Å². The molecule has 0 aromatic carbocycles. The summed E-state index contributed by atoms with van der Waals surface area (Å²) in [4.78, 5) is 13.5. The monoisotopic (exact) mass is 170 g/mol. The molecule has 0 aromatic heterocycles. The van der Waals surface area contributed by atoms with Crippen molar-refractivity contribution in [2.75, 3.05) is 13.1 Å². The zero-order valence-corrected chi connectivity index (χ0v) is 7.92. The van der Waals surface area contributed by atoms with Gasteiger partial charge in [-0.05, 0) is 19.8 Å². The number of carbonyl (C=O) groups is 1. The Labute approximate surface area is 73.9 Å². The minimum absolute atomic E-state index is 0.136. The van der Waals surface area contributed by atoms with Gasteiger partial charge >= 0.3 is 0 Å². The molecule has 0 aliphatic heterocycles. The molecular formula is C9H18N2O. The first-order valence-electron chi connectivity index (χ1n) is 4.75. The van der Waals surface area contributed by atoms with Crippen LogP contribution in [0.15, 0.2) is 0 Å². The van der Waals surface area contributed by atoms with Gasteiger partial charge in [-0.1, -0.05) is 6.92 Å². The molecule has 0 heterocycles. The van der Waals surface area contributed by atoms with Crippen molar-refractivity contribution in [3.8, 4) is 0 Å². The van der Waals surface area contributed by atoms with Crippen molar-refractivity contribution in [3.05, 3.63) is 0 Å². The van der Waals surface area contributed by atoms with Crippen LogP contribution in [-0.4, -0.2) is 29.9 Å². The molecule has 0 saturated heterocycles. The summed E-state index contributed by atoms with van der Waals surface area (Å²) in [6.07, 6.45) is 1.92. The Balaban J connectivity index is 2.37. The van der Waals surface area contributed by atoms with Crippen LogP contribution >= 0.6 is 0 Å². The summed E-state index contributed by atoms with van der Waals surface area (Å²) in [5, 5.41) is 0. The predicted octanol–water partition coefficient (Wildman–Crippen LogP) is 0.592. The van der Waals surface area contributed by atoms with E-state index in [0.717, 1.165) is 25.9 Å². The number of hydrogen-bond acceptors (Lipinski definition) is 2. The first kappa shape index (κ1) is 9.52. The van der Waals surface area contributed by atoms with E-state index in [4.69, 9.17) is 5.73 Å².